The minimum atomic E-state index is -0.175. The fourth-order valence-electron chi connectivity index (χ4n) is 2.35. The molecule has 1 amide bonds. The van der Waals surface area contributed by atoms with Gasteiger partial charge in [-0.25, -0.2) is 0 Å². The number of nitrogens with two attached hydrogens (primary N) is 1. The number of nitrogen functional groups attached to an aromatic ring is 1. The van der Waals surface area contributed by atoms with Crippen LogP contribution in [0, 0.1) is 0 Å². The number of carbonyl (C=O) groups excluding carboxylic acids is 1. The molecule has 0 aromatic heterocycles. The summed E-state index contributed by atoms with van der Waals surface area (Å²) >= 11 is 0. The SMILES string of the molecule is CCCCc1ccc(NC(=O)/C=C\c2ccc(OC)c(N)c2)cc1. The fraction of sp³-hybridized carbons (Fsp3) is 0.250. The van der Waals surface area contributed by atoms with Crippen molar-refractivity contribution in [3.8, 4) is 5.75 Å². The first kappa shape index (κ1) is 17.6. The van der Waals surface area contributed by atoms with Crippen LogP contribution in [-0.4, -0.2) is 13.0 Å². The summed E-state index contributed by atoms with van der Waals surface area (Å²) in [5.74, 6) is 0.450. The maximum Gasteiger partial charge on any atom is 0.248 e. The van der Waals surface area contributed by atoms with E-state index >= 15 is 0 Å². The summed E-state index contributed by atoms with van der Waals surface area (Å²) in [4.78, 5) is 12.0. The lowest BCUT2D eigenvalue weighted by atomic mass is 10.1. The number of benzene rings is 2. The highest BCUT2D eigenvalue weighted by molar-refractivity contribution is 6.02. The lowest BCUT2D eigenvalue weighted by Crippen LogP contribution is -2.07. The Morgan fingerprint density at radius 3 is 2.58 bits per heavy atom. The van der Waals surface area contributed by atoms with E-state index in [1.54, 1.807) is 25.3 Å². The molecule has 0 unspecified atom stereocenters. The molecular weight excluding hydrogens is 300 g/mol. The number of nitrogens with one attached hydrogen (secondary N) is 1. The number of amides is 1. The van der Waals surface area contributed by atoms with Crippen molar-refractivity contribution in [3.05, 3.63) is 59.7 Å². The molecule has 0 aliphatic carbocycles. The topological polar surface area (TPSA) is 64.3 Å². The zero-order chi connectivity index (χ0) is 17.4. The smallest absolute Gasteiger partial charge is 0.248 e. The number of hydrogen-bond acceptors (Lipinski definition) is 3. The summed E-state index contributed by atoms with van der Waals surface area (Å²) < 4.78 is 5.11. The van der Waals surface area contributed by atoms with E-state index in [4.69, 9.17) is 10.5 Å². The molecule has 24 heavy (non-hydrogen) atoms. The molecule has 0 radical (unpaired) electrons. The summed E-state index contributed by atoms with van der Waals surface area (Å²) in [6.45, 7) is 2.18. The predicted molar refractivity (Wildman–Crippen MR) is 100 cm³/mol. The van der Waals surface area contributed by atoms with Gasteiger partial charge >= 0.3 is 0 Å². The normalized spacial score (nSPS) is 10.8. The largest absolute Gasteiger partial charge is 0.495 e. The Bertz CT molecular complexity index is 706. The van der Waals surface area contributed by atoms with Crippen LogP contribution in [0.5, 0.6) is 5.75 Å². The summed E-state index contributed by atoms with van der Waals surface area (Å²) in [5.41, 5.74) is 9.32. The summed E-state index contributed by atoms with van der Waals surface area (Å²) in [5, 5.41) is 2.85. The van der Waals surface area contributed by atoms with Crippen LogP contribution >= 0.6 is 0 Å². The van der Waals surface area contributed by atoms with Crippen molar-refractivity contribution >= 4 is 23.4 Å². The van der Waals surface area contributed by atoms with Crippen molar-refractivity contribution in [2.24, 2.45) is 0 Å². The van der Waals surface area contributed by atoms with Crippen LogP contribution in [0.1, 0.15) is 30.9 Å². The van der Waals surface area contributed by atoms with Crippen molar-refractivity contribution < 1.29 is 9.53 Å². The lowest BCUT2D eigenvalue weighted by molar-refractivity contribution is -0.111. The van der Waals surface area contributed by atoms with Gasteiger partial charge < -0.3 is 15.8 Å². The van der Waals surface area contributed by atoms with Crippen LogP contribution in [0.25, 0.3) is 6.08 Å². The number of unbranched alkanes of at least 4 members (excludes halogenated alkanes) is 1. The van der Waals surface area contributed by atoms with Gasteiger partial charge in [0, 0.05) is 11.8 Å². The Morgan fingerprint density at radius 1 is 1.21 bits per heavy atom. The zero-order valence-corrected chi connectivity index (χ0v) is 14.2. The number of hydrogen-bond donors (Lipinski definition) is 2. The average molecular weight is 324 g/mol. The zero-order valence-electron chi connectivity index (χ0n) is 14.2. The van der Waals surface area contributed by atoms with Gasteiger partial charge in [0.15, 0.2) is 0 Å². The highest BCUT2D eigenvalue weighted by Crippen LogP contribution is 2.22. The molecule has 0 saturated carbocycles. The van der Waals surface area contributed by atoms with E-state index < -0.39 is 0 Å². The number of aryl methyl sites for hydroxylation is 1. The standard InChI is InChI=1S/C20H24N2O2/c1-3-4-5-15-6-10-17(11-7-15)22-20(23)13-9-16-8-12-19(24-2)18(21)14-16/h6-14H,3-5,21H2,1-2H3,(H,22,23)/b13-9-. The molecule has 2 rings (SSSR count). The van der Waals surface area contributed by atoms with Gasteiger partial charge in [0.1, 0.15) is 5.75 Å². The van der Waals surface area contributed by atoms with Gasteiger partial charge in [-0.1, -0.05) is 31.5 Å². The molecule has 4 heteroatoms. The molecule has 126 valence electrons. The number of carbonyl (C=O) groups is 1. The molecule has 2 aromatic rings. The van der Waals surface area contributed by atoms with Gasteiger partial charge in [0.2, 0.25) is 5.91 Å². The van der Waals surface area contributed by atoms with E-state index in [-0.39, 0.29) is 5.91 Å². The van der Waals surface area contributed by atoms with Gasteiger partial charge in [0.05, 0.1) is 12.8 Å². The van der Waals surface area contributed by atoms with Crippen LogP contribution in [0.2, 0.25) is 0 Å². The van der Waals surface area contributed by atoms with Crippen LogP contribution in [0.15, 0.2) is 48.5 Å². The van der Waals surface area contributed by atoms with Gasteiger partial charge in [-0.15, -0.1) is 0 Å². The van der Waals surface area contributed by atoms with Crippen molar-refractivity contribution in [2.75, 3.05) is 18.2 Å². The number of ether oxygens (including phenoxy) is 1. The van der Waals surface area contributed by atoms with Crippen molar-refractivity contribution in [2.45, 2.75) is 26.2 Å². The Morgan fingerprint density at radius 2 is 1.96 bits per heavy atom. The quantitative estimate of drug-likeness (QED) is 0.590. The van der Waals surface area contributed by atoms with Crippen molar-refractivity contribution in [1.29, 1.82) is 0 Å². The van der Waals surface area contributed by atoms with Crippen LogP contribution in [0.4, 0.5) is 11.4 Å². The summed E-state index contributed by atoms with van der Waals surface area (Å²) in [7, 11) is 1.57. The monoisotopic (exact) mass is 324 g/mol. The van der Waals surface area contributed by atoms with E-state index in [0.717, 1.165) is 17.7 Å². The van der Waals surface area contributed by atoms with Gasteiger partial charge in [-0.2, -0.15) is 0 Å². The molecule has 2 aromatic carbocycles. The number of rotatable bonds is 7. The molecule has 0 bridgehead atoms. The molecule has 0 aliphatic rings. The summed E-state index contributed by atoms with van der Waals surface area (Å²) in [6.07, 6.45) is 6.65. The van der Waals surface area contributed by atoms with E-state index in [1.807, 2.05) is 18.2 Å². The molecule has 3 N–H and O–H groups in total. The van der Waals surface area contributed by atoms with E-state index in [1.165, 1.54) is 24.5 Å². The van der Waals surface area contributed by atoms with Crippen molar-refractivity contribution in [1.82, 2.24) is 0 Å². The Hall–Kier alpha value is -2.75. The van der Waals surface area contributed by atoms with Gasteiger partial charge in [-0.05, 0) is 54.3 Å². The second-order valence-electron chi connectivity index (χ2n) is 5.62. The average Bonchev–Trinajstić information content (AvgIpc) is 2.59. The molecule has 0 spiro atoms. The Balaban J connectivity index is 1.93. The highest BCUT2D eigenvalue weighted by Gasteiger charge is 2.01. The second-order valence-corrected chi connectivity index (χ2v) is 5.62. The predicted octanol–water partition coefficient (Wildman–Crippen LogP) is 4.27. The maximum atomic E-state index is 12.0. The lowest BCUT2D eigenvalue weighted by Gasteiger charge is -2.05. The third kappa shape index (κ3) is 5.16. The van der Waals surface area contributed by atoms with Gasteiger partial charge in [-0.3, -0.25) is 4.79 Å². The minimum absolute atomic E-state index is 0.175. The van der Waals surface area contributed by atoms with E-state index in [0.29, 0.717) is 11.4 Å². The molecule has 0 saturated heterocycles. The molecular formula is C20H24N2O2. The van der Waals surface area contributed by atoms with E-state index in [9.17, 15) is 4.79 Å². The van der Waals surface area contributed by atoms with Gasteiger partial charge in [0.25, 0.3) is 0 Å². The van der Waals surface area contributed by atoms with Crippen LogP contribution in [0.3, 0.4) is 0 Å². The van der Waals surface area contributed by atoms with Crippen LogP contribution in [-0.2, 0) is 11.2 Å². The third-order valence-corrected chi connectivity index (χ3v) is 3.72. The van der Waals surface area contributed by atoms with Crippen LogP contribution < -0.4 is 15.8 Å². The van der Waals surface area contributed by atoms with E-state index in [2.05, 4.69) is 24.4 Å². The molecule has 0 atom stereocenters. The highest BCUT2D eigenvalue weighted by atomic mass is 16.5. The Labute approximate surface area is 143 Å². The fourth-order valence-corrected chi connectivity index (χ4v) is 2.35. The molecule has 0 aliphatic heterocycles. The summed E-state index contributed by atoms with van der Waals surface area (Å²) in [6, 6.07) is 13.4. The molecule has 4 nitrogen and oxygen atoms in total. The maximum absolute atomic E-state index is 12.0. The number of anilines is 2. The first-order valence-corrected chi connectivity index (χ1v) is 8.14. The van der Waals surface area contributed by atoms with Crippen molar-refractivity contribution in [3.63, 3.8) is 0 Å². The first-order chi connectivity index (χ1) is 11.6. The molecule has 0 fully saturated rings. The first-order valence-electron chi connectivity index (χ1n) is 8.14. The minimum Gasteiger partial charge on any atom is -0.495 e. The third-order valence-electron chi connectivity index (χ3n) is 3.72. The Kier molecular flexibility index (Phi) is 6.43. The second kappa shape index (κ2) is 8.77. The molecule has 0 heterocycles. The number of methoxy groups -OCH3 is 1.